The minimum Gasteiger partial charge on any atom is -0.418 e. The topological polar surface area (TPSA) is 26.3 Å². The van der Waals surface area contributed by atoms with Gasteiger partial charge in [0.25, 0.3) is 0 Å². The molecule has 0 heterocycles. The Balaban J connectivity index is 3.05. The van der Waals surface area contributed by atoms with E-state index in [9.17, 15) is 4.79 Å². The molecule has 0 aliphatic carbocycles. The minimum absolute atomic E-state index is 0.583. The van der Waals surface area contributed by atoms with E-state index in [2.05, 4.69) is 4.74 Å². The molecule has 11 heavy (non-hydrogen) atoms. The number of hydrogen-bond donors (Lipinski definition) is 0. The average molecular weight is 149 g/mol. The van der Waals surface area contributed by atoms with Crippen LogP contribution in [0.5, 0.6) is 5.75 Å². The molecule has 0 unspecified atom stereocenters. The summed E-state index contributed by atoms with van der Waals surface area (Å²) >= 11 is 0. The van der Waals surface area contributed by atoms with E-state index in [-0.39, 0.29) is 0 Å². The molecule has 1 rings (SSSR count). The Morgan fingerprint density at radius 2 is 2.09 bits per heavy atom. The first-order chi connectivity index (χ1) is 5.25. The molecule has 2 nitrogen and oxygen atoms in total. The molecule has 1 aromatic rings. The summed E-state index contributed by atoms with van der Waals surface area (Å²) in [5.74, 6) is 0.583. The highest BCUT2D eigenvalue weighted by Crippen LogP contribution is 2.19. The van der Waals surface area contributed by atoms with Gasteiger partial charge >= 0.3 is 6.47 Å². The van der Waals surface area contributed by atoms with Crippen molar-refractivity contribution in [3.05, 3.63) is 29.3 Å². The zero-order valence-corrected chi connectivity index (χ0v) is 6.55. The maximum atomic E-state index is 9.89. The highest BCUT2D eigenvalue weighted by Gasteiger charge is 1.99. The third-order valence-electron chi connectivity index (χ3n) is 1.71. The zero-order valence-electron chi connectivity index (χ0n) is 6.55. The summed E-state index contributed by atoms with van der Waals surface area (Å²) in [5.41, 5.74) is 2.09. The second-order valence-electron chi connectivity index (χ2n) is 2.38. The molecule has 0 saturated carbocycles. The van der Waals surface area contributed by atoms with Crippen molar-refractivity contribution >= 4 is 6.47 Å². The van der Waals surface area contributed by atoms with Gasteiger partial charge in [0, 0.05) is 0 Å². The lowest BCUT2D eigenvalue weighted by Gasteiger charge is -2.03. The first-order valence-corrected chi connectivity index (χ1v) is 3.36. The Hall–Kier alpha value is -1.31. The second-order valence-corrected chi connectivity index (χ2v) is 2.38. The molecule has 0 saturated heterocycles. The summed E-state index contributed by atoms with van der Waals surface area (Å²) in [4.78, 5) is 9.89. The van der Waals surface area contributed by atoms with Crippen LogP contribution >= 0.6 is 0 Å². The molecule has 57 valence electrons. The Kier molecular flexibility index (Phi) is 2.26. The Morgan fingerprint density at radius 3 is 2.73 bits per heavy atom. The van der Waals surface area contributed by atoms with Crippen LogP contribution in [0.3, 0.4) is 0 Å². The highest BCUT2D eigenvalue weighted by atomic mass is 16.5. The van der Waals surface area contributed by atoms with E-state index < -0.39 is 0 Å². The van der Waals surface area contributed by atoms with Gasteiger partial charge in [-0.1, -0.05) is 12.1 Å². The third kappa shape index (κ3) is 1.58. The Bertz CT molecular complexity index is 266. The van der Waals surface area contributed by atoms with Gasteiger partial charge in [-0.25, -0.2) is 4.79 Å². The van der Waals surface area contributed by atoms with Crippen LogP contribution in [0.15, 0.2) is 18.2 Å². The molecule has 1 radical (unpaired) electrons. The van der Waals surface area contributed by atoms with Gasteiger partial charge in [-0.15, -0.1) is 0 Å². The molecule has 0 aliphatic rings. The number of ether oxygens (including phenoxy) is 1. The van der Waals surface area contributed by atoms with Crippen LogP contribution in [0.25, 0.3) is 0 Å². The molecule has 2 heteroatoms. The first kappa shape index (κ1) is 7.79. The summed E-state index contributed by atoms with van der Waals surface area (Å²) < 4.78 is 4.61. The predicted molar refractivity (Wildman–Crippen MR) is 42.2 cm³/mol. The van der Waals surface area contributed by atoms with Crippen LogP contribution in [0.4, 0.5) is 0 Å². The molecule has 0 N–H and O–H groups in total. The van der Waals surface area contributed by atoms with Crippen LogP contribution in [0.2, 0.25) is 0 Å². The number of benzene rings is 1. The van der Waals surface area contributed by atoms with Gasteiger partial charge in [-0.3, -0.25) is 0 Å². The Labute approximate surface area is 65.8 Å². The maximum Gasteiger partial charge on any atom is 0.423 e. The largest absolute Gasteiger partial charge is 0.423 e. The molecule has 0 atom stereocenters. The van der Waals surface area contributed by atoms with Crippen molar-refractivity contribution in [2.75, 3.05) is 0 Å². The summed E-state index contributed by atoms with van der Waals surface area (Å²) in [6, 6.07) is 5.55. The van der Waals surface area contributed by atoms with Crippen LogP contribution in [0, 0.1) is 13.8 Å². The predicted octanol–water partition coefficient (Wildman–Crippen LogP) is 1.75. The van der Waals surface area contributed by atoms with E-state index in [1.807, 2.05) is 26.0 Å². The fraction of sp³-hybridized carbons (Fsp3) is 0.222. The molecule has 0 spiro atoms. The molecular formula is C9H9O2. The van der Waals surface area contributed by atoms with Gasteiger partial charge in [-0.05, 0) is 31.0 Å². The monoisotopic (exact) mass is 149 g/mol. The van der Waals surface area contributed by atoms with E-state index >= 15 is 0 Å². The van der Waals surface area contributed by atoms with Gasteiger partial charge in [-0.2, -0.15) is 0 Å². The van der Waals surface area contributed by atoms with E-state index in [1.54, 1.807) is 6.07 Å². The third-order valence-corrected chi connectivity index (χ3v) is 1.71. The van der Waals surface area contributed by atoms with Crippen molar-refractivity contribution in [1.82, 2.24) is 0 Å². The maximum absolute atomic E-state index is 9.89. The lowest BCUT2D eigenvalue weighted by atomic mass is 10.1. The van der Waals surface area contributed by atoms with E-state index in [0.717, 1.165) is 11.1 Å². The standard InChI is InChI=1S/C9H9O2/c1-7-4-3-5-9(8(7)2)11-6-10/h3-5H,1-2H3. The number of carbonyl (C=O) groups excluding carboxylic acids is 1. The Morgan fingerprint density at radius 1 is 1.36 bits per heavy atom. The van der Waals surface area contributed by atoms with E-state index in [4.69, 9.17) is 0 Å². The van der Waals surface area contributed by atoms with Gasteiger partial charge in [0.2, 0.25) is 0 Å². The highest BCUT2D eigenvalue weighted by molar-refractivity contribution is 5.49. The van der Waals surface area contributed by atoms with Crippen molar-refractivity contribution in [2.24, 2.45) is 0 Å². The fourth-order valence-corrected chi connectivity index (χ4v) is 0.880. The normalized spacial score (nSPS) is 9.27. The zero-order chi connectivity index (χ0) is 8.27. The molecule has 0 aliphatic heterocycles. The number of aryl methyl sites for hydroxylation is 1. The van der Waals surface area contributed by atoms with Gasteiger partial charge in [0.15, 0.2) is 0 Å². The second kappa shape index (κ2) is 3.19. The van der Waals surface area contributed by atoms with Crippen molar-refractivity contribution in [3.63, 3.8) is 0 Å². The average Bonchev–Trinajstić information content (AvgIpc) is 1.99. The number of hydrogen-bond acceptors (Lipinski definition) is 2. The minimum atomic E-state index is 0.583. The lowest BCUT2D eigenvalue weighted by Crippen LogP contribution is -1.92. The summed E-state index contributed by atoms with van der Waals surface area (Å²) in [5, 5.41) is 0. The SMILES string of the molecule is Cc1cccc(O[C]=O)c1C. The first-order valence-electron chi connectivity index (χ1n) is 3.36. The summed E-state index contributed by atoms with van der Waals surface area (Å²) in [6.07, 6.45) is 0. The number of rotatable bonds is 2. The van der Waals surface area contributed by atoms with Crippen molar-refractivity contribution < 1.29 is 9.53 Å². The molecule has 1 aromatic carbocycles. The van der Waals surface area contributed by atoms with E-state index in [0.29, 0.717) is 5.75 Å². The smallest absolute Gasteiger partial charge is 0.418 e. The molecule has 0 aromatic heterocycles. The van der Waals surface area contributed by atoms with Crippen LogP contribution in [-0.4, -0.2) is 6.47 Å². The van der Waals surface area contributed by atoms with E-state index in [1.165, 1.54) is 6.47 Å². The van der Waals surface area contributed by atoms with Crippen LogP contribution < -0.4 is 4.74 Å². The molecule has 0 amide bonds. The van der Waals surface area contributed by atoms with Crippen molar-refractivity contribution in [2.45, 2.75) is 13.8 Å². The summed E-state index contributed by atoms with van der Waals surface area (Å²) in [7, 11) is 0. The van der Waals surface area contributed by atoms with Gasteiger partial charge in [0.1, 0.15) is 5.75 Å². The fourth-order valence-electron chi connectivity index (χ4n) is 0.880. The van der Waals surface area contributed by atoms with Gasteiger partial charge in [0.05, 0.1) is 0 Å². The van der Waals surface area contributed by atoms with Crippen LogP contribution in [-0.2, 0) is 4.79 Å². The van der Waals surface area contributed by atoms with Gasteiger partial charge < -0.3 is 4.74 Å². The molecule has 0 fully saturated rings. The quantitative estimate of drug-likeness (QED) is 0.640. The molecule has 0 bridgehead atoms. The van der Waals surface area contributed by atoms with Crippen molar-refractivity contribution in [3.8, 4) is 5.75 Å². The molecular weight excluding hydrogens is 140 g/mol. The van der Waals surface area contributed by atoms with Crippen LogP contribution in [0.1, 0.15) is 11.1 Å². The lowest BCUT2D eigenvalue weighted by molar-refractivity contribution is 0.441. The summed E-state index contributed by atoms with van der Waals surface area (Å²) in [6.45, 7) is 5.27. The van der Waals surface area contributed by atoms with Crippen molar-refractivity contribution in [1.29, 1.82) is 0 Å².